The van der Waals surface area contributed by atoms with E-state index in [4.69, 9.17) is 4.74 Å². The average molecular weight is 401 g/mol. The van der Waals surface area contributed by atoms with E-state index in [1.165, 1.54) is 32.1 Å². The van der Waals surface area contributed by atoms with E-state index in [-0.39, 0.29) is 0 Å². The Bertz CT molecular complexity index is 953. The van der Waals surface area contributed by atoms with Gasteiger partial charge in [0.15, 0.2) is 5.65 Å². The van der Waals surface area contributed by atoms with Crippen molar-refractivity contribution in [1.29, 1.82) is 0 Å². The predicted octanol–water partition coefficient (Wildman–Crippen LogP) is 3.30. The summed E-state index contributed by atoms with van der Waals surface area (Å²) in [6.45, 7) is 0.662. The van der Waals surface area contributed by atoms with Crippen LogP contribution in [0, 0.1) is 5.92 Å². The summed E-state index contributed by atoms with van der Waals surface area (Å²) >= 11 is 0. The standard InChI is InChI=1S/C19H24N6O2S/c1-20-28(26)15-9-7-14(8-10-15)23-19-24-17-16(21-12-22-17)18(25-19)27-11-13-5-3-2-4-6-13/h7-10,12-13,20H,2-6,11H2,1H3,(H2,21,22,23,24,25). The van der Waals surface area contributed by atoms with E-state index < -0.39 is 11.0 Å². The summed E-state index contributed by atoms with van der Waals surface area (Å²) in [5.74, 6) is 1.52. The Kier molecular flexibility index (Phi) is 5.82. The van der Waals surface area contributed by atoms with Gasteiger partial charge < -0.3 is 15.0 Å². The SMILES string of the molecule is CNS(=O)c1ccc(Nc2nc(OCC3CCCCC3)c3[nH]cnc3n2)cc1. The Labute approximate surface area is 166 Å². The highest BCUT2D eigenvalue weighted by Gasteiger charge is 2.17. The Morgan fingerprint density at radius 2 is 1.96 bits per heavy atom. The van der Waals surface area contributed by atoms with Gasteiger partial charge in [-0.3, -0.25) is 0 Å². The van der Waals surface area contributed by atoms with Gasteiger partial charge in [0.05, 0.1) is 17.8 Å². The highest BCUT2D eigenvalue weighted by Crippen LogP contribution is 2.27. The lowest BCUT2D eigenvalue weighted by Crippen LogP contribution is -2.16. The number of fused-ring (bicyclic) bond motifs is 1. The number of benzene rings is 1. The van der Waals surface area contributed by atoms with Crippen LogP contribution in [-0.4, -0.2) is 37.8 Å². The highest BCUT2D eigenvalue weighted by atomic mass is 32.2. The summed E-state index contributed by atoms with van der Waals surface area (Å²) in [7, 11) is 0.446. The number of hydrogen-bond acceptors (Lipinski definition) is 6. The topological polar surface area (TPSA) is 105 Å². The second-order valence-electron chi connectivity index (χ2n) is 6.89. The third-order valence-electron chi connectivity index (χ3n) is 4.94. The molecule has 0 aliphatic heterocycles. The first kappa shape index (κ1) is 18.8. The monoisotopic (exact) mass is 400 g/mol. The number of H-pyrrole nitrogens is 1. The zero-order valence-electron chi connectivity index (χ0n) is 15.8. The number of ether oxygens (including phenoxy) is 1. The van der Waals surface area contributed by atoms with Gasteiger partial charge in [0.1, 0.15) is 16.5 Å². The van der Waals surface area contributed by atoms with Crippen LogP contribution < -0.4 is 14.8 Å². The molecule has 1 aliphatic rings. The summed E-state index contributed by atoms with van der Waals surface area (Å²) in [5.41, 5.74) is 2.06. The summed E-state index contributed by atoms with van der Waals surface area (Å²) in [6.07, 6.45) is 7.89. The van der Waals surface area contributed by atoms with Gasteiger partial charge in [-0.25, -0.2) is 13.9 Å². The molecule has 4 rings (SSSR count). The van der Waals surface area contributed by atoms with Crippen molar-refractivity contribution in [2.24, 2.45) is 5.92 Å². The van der Waals surface area contributed by atoms with Gasteiger partial charge in [0, 0.05) is 5.69 Å². The molecule has 1 aliphatic carbocycles. The number of aromatic amines is 1. The molecule has 0 amide bonds. The van der Waals surface area contributed by atoms with Crippen LogP contribution >= 0.6 is 0 Å². The second-order valence-corrected chi connectivity index (χ2v) is 8.31. The number of nitrogens with zero attached hydrogens (tertiary/aromatic N) is 3. The van der Waals surface area contributed by atoms with Crippen molar-refractivity contribution in [3.8, 4) is 5.88 Å². The molecule has 0 spiro atoms. The van der Waals surface area contributed by atoms with Crippen molar-refractivity contribution in [2.75, 3.05) is 19.0 Å². The molecule has 0 radical (unpaired) electrons. The lowest BCUT2D eigenvalue weighted by molar-refractivity contribution is 0.205. The minimum atomic E-state index is -1.21. The minimum absolute atomic E-state index is 0.417. The first-order valence-corrected chi connectivity index (χ1v) is 10.7. The summed E-state index contributed by atoms with van der Waals surface area (Å²) in [4.78, 5) is 17.0. The minimum Gasteiger partial charge on any atom is -0.476 e. The summed E-state index contributed by atoms with van der Waals surface area (Å²) in [5, 5.41) is 3.17. The van der Waals surface area contributed by atoms with Crippen LogP contribution in [0.3, 0.4) is 0 Å². The lowest BCUT2D eigenvalue weighted by atomic mass is 9.90. The maximum Gasteiger partial charge on any atom is 0.245 e. The van der Waals surface area contributed by atoms with Crippen LogP contribution in [0.15, 0.2) is 35.5 Å². The zero-order chi connectivity index (χ0) is 19.3. The van der Waals surface area contributed by atoms with Gasteiger partial charge >= 0.3 is 0 Å². The van der Waals surface area contributed by atoms with Crippen molar-refractivity contribution < 1.29 is 8.95 Å². The van der Waals surface area contributed by atoms with E-state index in [0.29, 0.717) is 40.4 Å². The maximum atomic E-state index is 11.8. The number of anilines is 2. The van der Waals surface area contributed by atoms with Crippen LogP contribution in [0.25, 0.3) is 11.2 Å². The average Bonchev–Trinajstić information content (AvgIpc) is 3.21. The van der Waals surface area contributed by atoms with Crippen molar-refractivity contribution in [3.63, 3.8) is 0 Å². The molecular formula is C19H24N6O2S. The molecule has 148 valence electrons. The van der Waals surface area contributed by atoms with Crippen LogP contribution in [0.4, 0.5) is 11.6 Å². The van der Waals surface area contributed by atoms with Crippen molar-refractivity contribution >= 4 is 33.8 Å². The molecule has 1 atom stereocenters. The molecule has 2 aromatic heterocycles. The molecule has 9 heteroatoms. The molecule has 3 N–H and O–H groups in total. The Morgan fingerprint density at radius 3 is 2.71 bits per heavy atom. The Balaban J connectivity index is 1.51. The van der Waals surface area contributed by atoms with Gasteiger partial charge in [0.25, 0.3) is 0 Å². The fraction of sp³-hybridized carbons (Fsp3) is 0.421. The van der Waals surface area contributed by atoms with Crippen LogP contribution in [-0.2, 0) is 11.0 Å². The molecule has 3 aromatic rings. The quantitative estimate of drug-likeness (QED) is 0.562. The third-order valence-corrected chi connectivity index (χ3v) is 6.01. The molecule has 0 bridgehead atoms. The maximum absolute atomic E-state index is 11.8. The van der Waals surface area contributed by atoms with Crippen molar-refractivity contribution in [3.05, 3.63) is 30.6 Å². The van der Waals surface area contributed by atoms with Gasteiger partial charge in [-0.15, -0.1) is 0 Å². The fourth-order valence-corrected chi connectivity index (χ4v) is 4.05. The van der Waals surface area contributed by atoms with Gasteiger partial charge in [0.2, 0.25) is 11.8 Å². The van der Waals surface area contributed by atoms with E-state index in [9.17, 15) is 4.21 Å². The lowest BCUT2D eigenvalue weighted by Gasteiger charge is -2.21. The normalized spacial score (nSPS) is 16.2. The first-order chi connectivity index (χ1) is 13.7. The van der Waals surface area contributed by atoms with E-state index in [0.717, 1.165) is 5.69 Å². The van der Waals surface area contributed by atoms with E-state index in [1.54, 1.807) is 25.5 Å². The third kappa shape index (κ3) is 4.31. The molecular weight excluding hydrogens is 376 g/mol. The number of nitrogens with one attached hydrogen (secondary N) is 3. The van der Waals surface area contributed by atoms with Gasteiger partial charge in [-0.05, 0) is 50.1 Å². The predicted molar refractivity (Wildman–Crippen MR) is 109 cm³/mol. The molecule has 1 saturated carbocycles. The highest BCUT2D eigenvalue weighted by molar-refractivity contribution is 7.83. The number of rotatable bonds is 7. The van der Waals surface area contributed by atoms with E-state index in [1.807, 2.05) is 12.1 Å². The van der Waals surface area contributed by atoms with Crippen LogP contribution in [0.2, 0.25) is 0 Å². The first-order valence-electron chi connectivity index (χ1n) is 9.53. The van der Waals surface area contributed by atoms with Crippen LogP contribution in [0.5, 0.6) is 5.88 Å². The van der Waals surface area contributed by atoms with E-state index in [2.05, 4.69) is 30.0 Å². The molecule has 1 fully saturated rings. The van der Waals surface area contributed by atoms with Crippen molar-refractivity contribution in [1.82, 2.24) is 24.7 Å². The smallest absolute Gasteiger partial charge is 0.245 e. The number of imidazole rings is 1. The van der Waals surface area contributed by atoms with Crippen LogP contribution in [0.1, 0.15) is 32.1 Å². The molecule has 0 saturated heterocycles. The molecule has 2 heterocycles. The summed E-state index contributed by atoms with van der Waals surface area (Å²) < 4.78 is 20.5. The Hall–Kier alpha value is -2.52. The fourth-order valence-electron chi connectivity index (χ4n) is 3.43. The zero-order valence-corrected chi connectivity index (χ0v) is 16.6. The molecule has 1 unspecified atom stereocenters. The largest absolute Gasteiger partial charge is 0.476 e. The van der Waals surface area contributed by atoms with Gasteiger partial charge in [-0.2, -0.15) is 9.97 Å². The summed E-state index contributed by atoms with van der Waals surface area (Å²) in [6, 6.07) is 7.27. The molecule has 28 heavy (non-hydrogen) atoms. The van der Waals surface area contributed by atoms with E-state index >= 15 is 0 Å². The Morgan fingerprint density at radius 1 is 1.18 bits per heavy atom. The van der Waals surface area contributed by atoms with Gasteiger partial charge in [-0.1, -0.05) is 19.3 Å². The number of aromatic nitrogens is 4. The number of hydrogen-bond donors (Lipinski definition) is 3. The molecule has 8 nitrogen and oxygen atoms in total. The van der Waals surface area contributed by atoms with Crippen molar-refractivity contribution in [2.45, 2.75) is 37.0 Å². The molecule has 1 aromatic carbocycles. The second kappa shape index (κ2) is 8.66.